The van der Waals surface area contributed by atoms with Gasteiger partial charge in [-0.25, -0.2) is 0 Å². The van der Waals surface area contributed by atoms with Gasteiger partial charge >= 0.3 is 0 Å². The fourth-order valence-corrected chi connectivity index (χ4v) is 2.84. The number of ether oxygens (including phenoxy) is 2. The van der Waals surface area contributed by atoms with E-state index < -0.39 is 0 Å². The zero-order valence-electron chi connectivity index (χ0n) is 17.2. The minimum Gasteiger partial charge on any atom is -0.485 e. The first-order valence-electron chi connectivity index (χ1n) is 9.74. The molecule has 1 aromatic heterocycles. The van der Waals surface area contributed by atoms with Gasteiger partial charge in [-0.1, -0.05) is 35.0 Å². The van der Waals surface area contributed by atoms with Crippen LogP contribution >= 0.6 is 0 Å². The van der Waals surface area contributed by atoms with Crippen molar-refractivity contribution in [3.05, 3.63) is 95.6 Å². The predicted molar refractivity (Wildman–Crippen MR) is 115 cm³/mol. The molecule has 31 heavy (non-hydrogen) atoms. The average molecular weight is 415 g/mol. The maximum absolute atomic E-state index is 12.7. The van der Waals surface area contributed by atoms with E-state index in [9.17, 15) is 4.79 Å². The second kappa shape index (κ2) is 9.13. The number of carbonyl (C=O) groups is 1. The van der Waals surface area contributed by atoms with Gasteiger partial charge in [-0.3, -0.25) is 4.79 Å². The van der Waals surface area contributed by atoms with Crippen LogP contribution in [0.5, 0.6) is 17.2 Å². The highest BCUT2D eigenvalue weighted by molar-refractivity contribution is 6.05. The van der Waals surface area contributed by atoms with Crippen molar-refractivity contribution in [2.45, 2.75) is 20.5 Å². The Morgan fingerprint density at radius 2 is 1.65 bits per heavy atom. The molecule has 0 bridgehead atoms. The summed E-state index contributed by atoms with van der Waals surface area (Å²) in [5.41, 5.74) is 2.22. The fourth-order valence-electron chi connectivity index (χ4n) is 2.84. The van der Waals surface area contributed by atoms with E-state index >= 15 is 0 Å². The lowest BCUT2D eigenvalue weighted by Crippen LogP contribution is -2.12. The number of anilines is 1. The van der Waals surface area contributed by atoms with Crippen LogP contribution in [0.4, 0.5) is 5.69 Å². The molecule has 0 atom stereocenters. The summed E-state index contributed by atoms with van der Waals surface area (Å²) in [6.07, 6.45) is 0. The van der Waals surface area contributed by atoms with E-state index in [4.69, 9.17) is 14.0 Å². The largest absolute Gasteiger partial charge is 0.485 e. The van der Waals surface area contributed by atoms with Crippen molar-refractivity contribution in [2.24, 2.45) is 0 Å². The van der Waals surface area contributed by atoms with Crippen molar-refractivity contribution >= 4 is 11.6 Å². The van der Waals surface area contributed by atoms with Gasteiger partial charge in [0.05, 0.1) is 5.69 Å². The Balaban J connectivity index is 1.40. The first-order chi connectivity index (χ1) is 15.1. The molecule has 0 saturated heterocycles. The molecular formula is C24H21N3O4. The van der Waals surface area contributed by atoms with Crippen LogP contribution in [0.3, 0.4) is 0 Å². The van der Waals surface area contributed by atoms with Crippen LogP contribution in [0.25, 0.3) is 0 Å². The van der Waals surface area contributed by atoms with Gasteiger partial charge in [-0.15, -0.1) is 0 Å². The molecule has 7 nitrogen and oxygen atoms in total. The summed E-state index contributed by atoms with van der Waals surface area (Å²) in [5, 5.41) is 6.68. The number of nitrogens with zero attached hydrogens (tertiary/aromatic N) is 2. The normalized spacial score (nSPS) is 10.5. The van der Waals surface area contributed by atoms with Gasteiger partial charge < -0.3 is 19.3 Å². The smallest absolute Gasteiger partial charge is 0.255 e. The van der Waals surface area contributed by atoms with Crippen molar-refractivity contribution in [3.8, 4) is 17.2 Å². The number of amides is 1. The van der Waals surface area contributed by atoms with E-state index in [1.807, 2.05) is 49.4 Å². The molecule has 0 unspecified atom stereocenters. The third kappa shape index (κ3) is 5.27. The number of para-hydroxylation sites is 2. The number of aryl methyl sites for hydroxylation is 2. The van der Waals surface area contributed by atoms with Crippen LogP contribution in [-0.4, -0.2) is 16.0 Å². The van der Waals surface area contributed by atoms with Gasteiger partial charge in [0.25, 0.3) is 5.91 Å². The summed E-state index contributed by atoms with van der Waals surface area (Å²) in [6.45, 7) is 3.92. The Kier molecular flexibility index (Phi) is 5.93. The fraction of sp³-hybridized carbons (Fsp3) is 0.125. The van der Waals surface area contributed by atoms with Crippen LogP contribution in [0, 0.1) is 13.8 Å². The van der Waals surface area contributed by atoms with Gasteiger partial charge in [0, 0.05) is 12.5 Å². The van der Waals surface area contributed by atoms with E-state index in [1.165, 1.54) is 0 Å². The molecule has 0 fully saturated rings. The third-order valence-corrected chi connectivity index (χ3v) is 4.44. The quantitative estimate of drug-likeness (QED) is 0.440. The summed E-state index contributed by atoms with van der Waals surface area (Å²) < 4.78 is 16.5. The van der Waals surface area contributed by atoms with Gasteiger partial charge in [-0.05, 0) is 55.5 Å². The lowest BCUT2D eigenvalue weighted by molar-refractivity contribution is 0.102. The lowest BCUT2D eigenvalue weighted by atomic mass is 10.2. The first kappa shape index (κ1) is 20.2. The third-order valence-electron chi connectivity index (χ3n) is 4.44. The summed E-state index contributed by atoms with van der Waals surface area (Å²) >= 11 is 0. The van der Waals surface area contributed by atoms with Crippen LogP contribution in [-0.2, 0) is 6.61 Å². The summed E-state index contributed by atoms with van der Waals surface area (Å²) in [5.74, 6) is 2.56. The molecule has 0 radical (unpaired) electrons. The van der Waals surface area contributed by atoms with E-state index in [-0.39, 0.29) is 12.5 Å². The number of hydrogen-bond donors (Lipinski definition) is 1. The highest BCUT2D eigenvalue weighted by Crippen LogP contribution is 2.30. The van der Waals surface area contributed by atoms with Crippen molar-refractivity contribution in [1.29, 1.82) is 0 Å². The van der Waals surface area contributed by atoms with Gasteiger partial charge in [-0.2, -0.15) is 4.98 Å². The van der Waals surface area contributed by atoms with Crippen molar-refractivity contribution in [1.82, 2.24) is 10.1 Å². The van der Waals surface area contributed by atoms with Crippen molar-refractivity contribution < 1.29 is 18.8 Å². The zero-order valence-corrected chi connectivity index (χ0v) is 17.2. The Morgan fingerprint density at radius 3 is 2.35 bits per heavy atom. The molecule has 156 valence electrons. The molecule has 1 heterocycles. The highest BCUT2D eigenvalue weighted by Gasteiger charge is 2.11. The molecule has 1 N–H and O–H groups in total. The molecule has 0 saturated carbocycles. The number of benzene rings is 3. The van der Waals surface area contributed by atoms with Crippen molar-refractivity contribution in [2.75, 3.05) is 5.32 Å². The molecule has 4 rings (SSSR count). The molecule has 0 aliphatic carbocycles. The molecule has 4 aromatic rings. The highest BCUT2D eigenvalue weighted by atomic mass is 16.5. The predicted octanol–water partition coefficient (Wildman–Crippen LogP) is 5.31. The summed E-state index contributed by atoms with van der Waals surface area (Å²) in [6, 6.07) is 21.9. The van der Waals surface area contributed by atoms with Crippen LogP contribution in [0.15, 0.2) is 77.3 Å². The van der Waals surface area contributed by atoms with Gasteiger partial charge in [0.2, 0.25) is 11.7 Å². The molecule has 0 aliphatic rings. The Hall–Kier alpha value is -4.13. The maximum atomic E-state index is 12.7. The summed E-state index contributed by atoms with van der Waals surface area (Å²) in [7, 11) is 0. The first-order valence-corrected chi connectivity index (χ1v) is 9.74. The van der Waals surface area contributed by atoms with E-state index in [1.54, 1.807) is 37.3 Å². The molecule has 7 heteroatoms. The Morgan fingerprint density at radius 1 is 0.935 bits per heavy atom. The topological polar surface area (TPSA) is 86.5 Å². The van der Waals surface area contributed by atoms with Crippen LogP contribution < -0.4 is 14.8 Å². The van der Waals surface area contributed by atoms with Crippen LogP contribution in [0.2, 0.25) is 0 Å². The summed E-state index contributed by atoms with van der Waals surface area (Å²) in [4.78, 5) is 16.8. The lowest BCUT2D eigenvalue weighted by Gasteiger charge is -2.12. The molecular weight excluding hydrogens is 394 g/mol. The molecule has 3 aromatic carbocycles. The molecule has 0 spiro atoms. The van der Waals surface area contributed by atoms with E-state index in [0.717, 1.165) is 5.56 Å². The number of hydrogen-bond acceptors (Lipinski definition) is 6. The van der Waals surface area contributed by atoms with Gasteiger partial charge in [0.1, 0.15) is 11.5 Å². The maximum Gasteiger partial charge on any atom is 0.255 e. The number of nitrogens with one attached hydrogen (secondary N) is 1. The monoisotopic (exact) mass is 415 g/mol. The number of rotatable bonds is 7. The second-order valence-corrected chi connectivity index (χ2v) is 6.91. The van der Waals surface area contributed by atoms with E-state index in [2.05, 4.69) is 15.5 Å². The SMILES string of the molecule is Cc1ccc(Oc2ccccc2NC(=O)c2ccc(OCc3noc(C)n3)cc2)cc1. The minimum atomic E-state index is -0.250. The standard InChI is InChI=1S/C24H21N3O4/c1-16-7-11-20(12-8-16)30-22-6-4-3-5-21(22)26-24(28)18-9-13-19(14-10-18)29-15-23-25-17(2)31-27-23/h3-14H,15H2,1-2H3,(H,26,28). The van der Waals surface area contributed by atoms with Crippen molar-refractivity contribution in [3.63, 3.8) is 0 Å². The second-order valence-electron chi connectivity index (χ2n) is 6.91. The number of aromatic nitrogens is 2. The minimum absolute atomic E-state index is 0.187. The Labute approximate surface area is 179 Å². The van der Waals surface area contributed by atoms with E-state index in [0.29, 0.717) is 40.2 Å². The molecule has 0 aliphatic heterocycles. The zero-order chi connectivity index (χ0) is 21.6. The molecule has 1 amide bonds. The Bertz CT molecular complexity index is 1170. The number of carbonyl (C=O) groups excluding carboxylic acids is 1. The van der Waals surface area contributed by atoms with Crippen LogP contribution in [0.1, 0.15) is 27.6 Å². The average Bonchev–Trinajstić information content (AvgIpc) is 3.20. The van der Waals surface area contributed by atoms with Gasteiger partial charge in [0.15, 0.2) is 12.4 Å².